The van der Waals surface area contributed by atoms with Gasteiger partial charge in [-0.1, -0.05) is 13.0 Å². The summed E-state index contributed by atoms with van der Waals surface area (Å²) in [5.74, 6) is 0. The van der Waals surface area contributed by atoms with Gasteiger partial charge in [-0.2, -0.15) is 0 Å². The third-order valence-electron chi connectivity index (χ3n) is 2.21. The summed E-state index contributed by atoms with van der Waals surface area (Å²) in [6, 6.07) is 5.32. The highest BCUT2D eigenvalue weighted by molar-refractivity contribution is 9.10. The normalized spacial score (nSPS) is 11.7. The molecule has 0 unspecified atom stereocenters. The molecule has 0 atom stereocenters. The Balaban J connectivity index is 3.07. The smallest absolute Gasteiger partial charge is 0.241 e. The lowest BCUT2D eigenvalue weighted by molar-refractivity contribution is 0.580. The maximum atomic E-state index is 12.0. The van der Waals surface area contributed by atoms with Crippen molar-refractivity contribution in [3.8, 4) is 0 Å². The van der Waals surface area contributed by atoms with Crippen molar-refractivity contribution in [2.75, 3.05) is 13.6 Å². The van der Waals surface area contributed by atoms with Crippen LogP contribution in [0.15, 0.2) is 27.6 Å². The first-order chi connectivity index (χ1) is 8.01. The minimum atomic E-state index is -3.42. The van der Waals surface area contributed by atoms with Crippen molar-refractivity contribution >= 4 is 26.0 Å². The van der Waals surface area contributed by atoms with Crippen LogP contribution in [0.2, 0.25) is 0 Å². The molecule has 1 aromatic rings. The van der Waals surface area contributed by atoms with Gasteiger partial charge in [0.2, 0.25) is 10.0 Å². The Hall–Kier alpha value is -0.430. The van der Waals surface area contributed by atoms with Crippen molar-refractivity contribution in [1.29, 1.82) is 0 Å². The number of hydrogen-bond acceptors (Lipinski definition) is 3. The van der Waals surface area contributed by atoms with Crippen LogP contribution in [0.3, 0.4) is 0 Å². The molecule has 2 N–H and O–H groups in total. The average molecular weight is 321 g/mol. The molecule has 0 bridgehead atoms. The highest BCUT2D eigenvalue weighted by Gasteiger charge is 2.17. The molecule has 0 radical (unpaired) electrons. The molecule has 0 fully saturated rings. The molecule has 0 aliphatic heterocycles. The van der Waals surface area contributed by atoms with E-state index in [1.165, 1.54) is 0 Å². The van der Waals surface area contributed by atoms with Gasteiger partial charge in [-0.15, -0.1) is 0 Å². The minimum Gasteiger partial charge on any atom is -0.316 e. The zero-order valence-electron chi connectivity index (χ0n) is 9.96. The summed E-state index contributed by atoms with van der Waals surface area (Å²) in [5.41, 5.74) is 0.938. The van der Waals surface area contributed by atoms with Crippen LogP contribution in [0.4, 0.5) is 0 Å². The second-order valence-corrected chi connectivity index (χ2v) is 6.28. The van der Waals surface area contributed by atoms with Crippen LogP contribution < -0.4 is 10.0 Å². The number of halogens is 1. The van der Waals surface area contributed by atoms with Gasteiger partial charge < -0.3 is 5.32 Å². The predicted molar refractivity (Wildman–Crippen MR) is 72.4 cm³/mol. The molecule has 4 nitrogen and oxygen atoms in total. The molecular weight excluding hydrogens is 304 g/mol. The Bertz CT molecular complexity index is 474. The van der Waals surface area contributed by atoms with E-state index in [0.717, 1.165) is 12.0 Å². The molecular formula is C11H17BrN2O2S. The van der Waals surface area contributed by atoms with E-state index in [1.807, 2.05) is 20.0 Å². The Kier molecular flexibility index (Phi) is 5.58. The zero-order chi connectivity index (χ0) is 12.9. The molecule has 6 heteroatoms. The summed E-state index contributed by atoms with van der Waals surface area (Å²) in [5, 5.41) is 2.99. The standard InChI is InChI=1S/C11H17BrN2O2S/c1-3-6-14-17(15,16)11-7-9(8-13-2)4-5-10(11)12/h4-5,7,13-14H,3,6,8H2,1-2H3. The Morgan fingerprint density at radius 2 is 2.06 bits per heavy atom. The van der Waals surface area contributed by atoms with Gasteiger partial charge in [0.15, 0.2) is 0 Å². The van der Waals surface area contributed by atoms with E-state index < -0.39 is 10.0 Å². The zero-order valence-corrected chi connectivity index (χ0v) is 12.4. The van der Waals surface area contributed by atoms with E-state index in [4.69, 9.17) is 0 Å². The molecule has 0 amide bonds. The van der Waals surface area contributed by atoms with Crippen molar-refractivity contribution in [2.24, 2.45) is 0 Å². The van der Waals surface area contributed by atoms with Crippen LogP contribution in [0, 0.1) is 0 Å². The summed E-state index contributed by atoms with van der Waals surface area (Å²) >= 11 is 3.27. The molecule has 1 rings (SSSR count). The van der Waals surface area contributed by atoms with Crippen LogP contribution >= 0.6 is 15.9 Å². The third kappa shape index (κ3) is 4.06. The summed E-state index contributed by atoms with van der Waals surface area (Å²) in [6.07, 6.45) is 0.771. The van der Waals surface area contributed by atoms with Gasteiger partial charge in [0.25, 0.3) is 0 Å². The van der Waals surface area contributed by atoms with E-state index in [-0.39, 0.29) is 0 Å². The largest absolute Gasteiger partial charge is 0.316 e. The third-order valence-corrected chi connectivity index (χ3v) is 4.66. The first-order valence-corrected chi connectivity index (χ1v) is 7.71. The van der Waals surface area contributed by atoms with Crippen molar-refractivity contribution < 1.29 is 8.42 Å². The van der Waals surface area contributed by atoms with E-state index in [9.17, 15) is 8.42 Å². The number of benzene rings is 1. The van der Waals surface area contributed by atoms with Crippen LogP contribution in [0.5, 0.6) is 0 Å². The van der Waals surface area contributed by atoms with Gasteiger partial charge in [-0.05, 0) is 47.1 Å². The molecule has 1 aromatic carbocycles. The van der Waals surface area contributed by atoms with Crippen LogP contribution in [-0.4, -0.2) is 22.0 Å². The first-order valence-electron chi connectivity index (χ1n) is 5.44. The van der Waals surface area contributed by atoms with Crippen LogP contribution in [-0.2, 0) is 16.6 Å². The maximum Gasteiger partial charge on any atom is 0.241 e. The fourth-order valence-corrected chi connectivity index (χ4v) is 3.53. The maximum absolute atomic E-state index is 12.0. The fourth-order valence-electron chi connectivity index (χ4n) is 1.38. The van der Waals surface area contributed by atoms with E-state index in [0.29, 0.717) is 22.5 Å². The lowest BCUT2D eigenvalue weighted by atomic mass is 10.2. The highest BCUT2D eigenvalue weighted by atomic mass is 79.9. The van der Waals surface area contributed by atoms with Crippen molar-refractivity contribution in [2.45, 2.75) is 24.8 Å². The van der Waals surface area contributed by atoms with E-state index in [1.54, 1.807) is 12.1 Å². The number of hydrogen-bond donors (Lipinski definition) is 2. The van der Waals surface area contributed by atoms with Gasteiger partial charge in [0.1, 0.15) is 0 Å². The molecule has 0 heterocycles. The number of sulfonamides is 1. The second kappa shape index (κ2) is 6.49. The molecule has 17 heavy (non-hydrogen) atoms. The van der Waals surface area contributed by atoms with Gasteiger partial charge >= 0.3 is 0 Å². The molecule has 96 valence electrons. The molecule has 0 spiro atoms. The molecule has 0 aliphatic rings. The van der Waals surface area contributed by atoms with Crippen molar-refractivity contribution in [3.05, 3.63) is 28.2 Å². The molecule has 0 aromatic heterocycles. The quantitative estimate of drug-likeness (QED) is 0.841. The molecule has 0 saturated heterocycles. The fraction of sp³-hybridized carbons (Fsp3) is 0.455. The van der Waals surface area contributed by atoms with Gasteiger partial charge in [0.05, 0.1) is 4.90 Å². The first kappa shape index (κ1) is 14.6. The highest BCUT2D eigenvalue weighted by Crippen LogP contribution is 2.23. The van der Waals surface area contributed by atoms with E-state index in [2.05, 4.69) is 26.0 Å². The lowest BCUT2D eigenvalue weighted by Gasteiger charge is -2.09. The molecule has 0 saturated carbocycles. The second-order valence-electron chi connectivity index (χ2n) is 3.69. The average Bonchev–Trinajstić information content (AvgIpc) is 2.29. The summed E-state index contributed by atoms with van der Waals surface area (Å²) in [7, 11) is -1.59. The topological polar surface area (TPSA) is 58.2 Å². The van der Waals surface area contributed by atoms with Crippen molar-refractivity contribution in [1.82, 2.24) is 10.0 Å². The summed E-state index contributed by atoms with van der Waals surface area (Å²) < 4.78 is 27.2. The predicted octanol–water partition coefficient (Wildman–Crippen LogP) is 1.86. The van der Waals surface area contributed by atoms with Crippen LogP contribution in [0.25, 0.3) is 0 Å². The van der Waals surface area contributed by atoms with Gasteiger partial charge in [-0.3, -0.25) is 0 Å². The van der Waals surface area contributed by atoms with Gasteiger partial charge in [-0.25, -0.2) is 13.1 Å². The Labute approximate surface area is 111 Å². The monoisotopic (exact) mass is 320 g/mol. The van der Waals surface area contributed by atoms with Crippen LogP contribution in [0.1, 0.15) is 18.9 Å². The van der Waals surface area contributed by atoms with Gasteiger partial charge in [0, 0.05) is 17.6 Å². The summed E-state index contributed by atoms with van der Waals surface area (Å²) in [4.78, 5) is 0.290. The van der Waals surface area contributed by atoms with Crippen molar-refractivity contribution in [3.63, 3.8) is 0 Å². The number of nitrogens with one attached hydrogen (secondary N) is 2. The number of rotatable bonds is 6. The Morgan fingerprint density at radius 1 is 1.35 bits per heavy atom. The molecule has 0 aliphatic carbocycles. The Morgan fingerprint density at radius 3 is 2.65 bits per heavy atom. The van der Waals surface area contributed by atoms with E-state index >= 15 is 0 Å². The summed E-state index contributed by atoms with van der Waals surface area (Å²) in [6.45, 7) is 3.02. The SMILES string of the molecule is CCCNS(=O)(=O)c1cc(CNC)ccc1Br. The minimum absolute atomic E-state index is 0.290. The lowest BCUT2D eigenvalue weighted by Crippen LogP contribution is -2.25.